The fourth-order valence-electron chi connectivity index (χ4n) is 1.87. The zero-order valence-corrected chi connectivity index (χ0v) is 13.1. The Morgan fingerprint density at radius 2 is 1.85 bits per heavy atom. The van der Waals surface area contributed by atoms with E-state index in [0.717, 1.165) is 21.3 Å². The highest BCUT2D eigenvalue weighted by atomic mass is 79.9. The Labute approximate surface area is 128 Å². The largest absolute Gasteiger partial charge is 0.378 e. The Morgan fingerprint density at radius 1 is 1.15 bits per heavy atom. The van der Waals surface area contributed by atoms with Gasteiger partial charge in [-0.25, -0.2) is 0 Å². The molecule has 0 aliphatic rings. The number of halogens is 1. The van der Waals surface area contributed by atoms with Gasteiger partial charge in [-0.3, -0.25) is 0 Å². The molecule has 100 valence electrons. The number of rotatable bonds is 3. The summed E-state index contributed by atoms with van der Waals surface area (Å²) in [5.41, 5.74) is 3.73. The molecule has 20 heavy (non-hydrogen) atoms. The molecule has 2 aromatic carbocycles. The molecule has 0 fully saturated rings. The van der Waals surface area contributed by atoms with Crippen LogP contribution in [0.15, 0.2) is 53.0 Å². The highest BCUT2D eigenvalue weighted by Crippen LogP contribution is 2.22. The van der Waals surface area contributed by atoms with Gasteiger partial charge in [0, 0.05) is 24.3 Å². The highest BCUT2D eigenvalue weighted by molar-refractivity contribution is 9.10. The molecule has 0 saturated carbocycles. The molecular formula is C17H15BrN2. The van der Waals surface area contributed by atoms with E-state index in [-0.39, 0.29) is 0 Å². The predicted octanol–water partition coefficient (Wildman–Crippen LogP) is 4.58. The average molecular weight is 327 g/mol. The second kappa shape index (κ2) is 6.40. The van der Waals surface area contributed by atoms with E-state index in [9.17, 15) is 5.26 Å². The van der Waals surface area contributed by atoms with E-state index in [1.165, 1.54) is 0 Å². The summed E-state index contributed by atoms with van der Waals surface area (Å²) in [6, 6.07) is 18.2. The molecular weight excluding hydrogens is 312 g/mol. The molecule has 2 aromatic rings. The number of benzene rings is 2. The fourth-order valence-corrected chi connectivity index (χ4v) is 2.27. The lowest BCUT2D eigenvalue weighted by Crippen LogP contribution is -2.07. The summed E-state index contributed by atoms with van der Waals surface area (Å²) < 4.78 is 0.971. The van der Waals surface area contributed by atoms with Crippen molar-refractivity contribution in [3.05, 3.63) is 64.1 Å². The van der Waals surface area contributed by atoms with E-state index >= 15 is 0 Å². The minimum Gasteiger partial charge on any atom is -0.378 e. The van der Waals surface area contributed by atoms with Crippen LogP contribution in [-0.4, -0.2) is 14.1 Å². The van der Waals surface area contributed by atoms with Crippen LogP contribution in [-0.2, 0) is 0 Å². The van der Waals surface area contributed by atoms with Crippen LogP contribution in [0.25, 0.3) is 11.6 Å². The average Bonchev–Trinajstić information content (AvgIpc) is 2.45. The van der Waals surface area contributed by atoms with Gasteiger partial charge in [0.25, 0.3) is 0 Å². The summed E-state index contributed by atoms with van der Waals surface area (Å²) in [7, 11) is 4.01. The molecule has 0 radical (unpaired) electrons. The van der Waals surface area contributed by atoms with Gasteiger partial charge in [-0.1, -0.05) is 40.2 Å². The van der Waals surface area contributed by atoms with Crippen molar-refractivity contribution in [2.24, 2.45) is 0 Å². The van der Waals surface area contributed by atoms with Crippen LogP contribution in [0.2, 0.25) is 0 Å². The topological polar surface area (TPSA) is 27.0 Å². The van der Waals surface area contributed by atoms with Crippen LogP contribution in [0, 0.1) is 11.3 Å². The number of allylic oxidation sites excluding steroid dienone is 1. The van der Waals surface area contributed by atoms with Gasteiger partial charge in [0.05, 0.1) is 11.6 Å². The first-order valence-electron chi connectivity index (χ1n) is 6.25. The van der Waals surface area contributed by atoms with Gasteiger partial charge in [-0.05, 0) is 41.5 Å². The Balaban J connectivity index is 2.34. The first-order chi connectivity index (χ1) is 9.60. The maximum Gasteiger partial charge on any atom is 0.0998 e. The second-order valence-corrected chi connectivity index (χ2v) is 5.58. The molecule has 0 aliphatic carbocycles. The predicted molar refractivity (Wildman–Crippen MR) is 88.4 cm³/mol. The summed E-state index contributed by atoms with van der Waals surface area (Å²) in [4.78, 5) is 2.05. The van der Waals surface area contributed by atoms with Crippen LogP contribution >= 0.6 is 15.9 Å². The zero-order valence-electron chi connectivity index (χ0n) is 11.5. The Kier molecular flexibility index (Phi) is 4.60. The Bertz CT molecular complexity index is 664. The molecule has 3 heteroatoms. The molecule has 0 unspecified atom stereocenters. The third-order valence-electron chi connectivity index (χ3n) is 2.98. The van der Waals surface area contributed by atoms with E-state index in [0.29, 0.717) is 5.57 Å². The monoisotopic (exact) mass is 326 g/mol. The Hall–Kier alpha value is -2.05. The minimum absolute atomic E-state index is 0.656. The Morgan fingerprint density at radius 3 is 2.40 bits per heavy atom. The normalized spacial score (nSPS) is 11.0. The van der Waals surface area contributed by atoms with Crippen LogP contribution in [0.4, 0.5) is 5.69 Å². The number of nitriles is 1. The lowest BCUT2D eigenvalue weighted by Gasteiger charge is -2.12. The SMILES string of the molecule is CN(C)c1ccc(/C=C(/C#N)c2cccc(Br)c2)cc1. The maximum absolute atomic E-state index is 9.33. The lowest BCUT2D eigenvalue weighted by atomic mass is 10.0. The summed E-state index contributed by atoms with van der Waals surface area (Å²) in [5, 5.41) is 9.33. The standard InChI is InChI=1S/C17H15BrN2/c1-20(2)17-8-6-13(7-9-17)10-15(12-19)14-4-3-5-16(18)11-14/h3-11H,1-2H3/b15-10-. The maximum atomic E-state index is 9.33. The van der Waals surface area contributed by atoms with Crippen LogP contribution in [0.3, 0.4) is 0 Å². The summed E-state index contributed by atoms with van der Waals surface area (Å²) in [5.74, 6) is 0. The van der Waals surface area contributed by atoms with E-state index in [2.05, 4.69) is 22.0 Å². The van der Waals surface area contributed by atoms with Crippen molar-refractivity contribution in [3.8, 4) is 6.07 Å². The molecule has 0 bridgehead atoms. The van der Waals surface area contributed by atoms with Crippen LogP contribution < -0.4 is 4.90 Å². The number of anilines is 1. The minimum atomic E-state index is 0.656. The molecule has 0 atom stereocenters. The van der Waals surface area contributed by atoms with E-state index < -0.39 is 0 Å². The van der Waals surface area contributed by atoms with Gasteiger partial charge >= 0.3 is 0 Å². The van der Waals surface area contributed by atoms with Crippen molar-refractivity contribution in [3.63, 3.8) is 0 Å². The molecule has 0 amide bonds. The summed E-state index contributed by atoms with van der Waals surface area (Å²) in [6.07, 6.45) is 1.90. The van der Waals surface area contributed by atoms with Crippen molar-refractivity contribution < 1.29 is 0 Å². The van der Waals surface area contributed by atoms with Gasteiger partial charge in [0.2, 0.25) is 0 Å². The van der Waals surface area contributed by atoms with Crippen LogP contribution in [0.1, 0.15) is 11.1 Å². The highest BCUT2D eigenvalue weighted by Gasteiger charge is 2.02. The summed E-state index contributed by atoms with van der Waals surface area (Å²) >= 11 is 3.43. The van der Waals surface area contributed by atoms with Crippen molar-refractivity contribution >= 4 is 33.3 Å². The number of hydrogen-bond donors (Lipinski definition) is 0. The van der Waals surface area contributed by atoms with Crippen LogP contribution in [0.5, 0.6) is 0 Å². The lowest BCUT2D eigenvalue weighted by molar-refractivity contribution is 1.13. The number of hydrogen-bond acceptors (Lipinski definition) is 2. The fraction of sp³-hybridized carbons (Fsp3) is 0.118. The molecule has 0 aliphatic heterocycles. The van der Waals surface area contributed by atoms with E-state index in [4.69, 9.17) is 0 Å². The van der Waals surface area contributed by atoms with Gasteiger partial charge in [0.15, 0.2) is 0 Å². The summed E-state index contributed by atoms with van der Waals surface area (Å²) in [6.45, 7) is 0. The van der Waals surface area contributed by atoms with Gasteiger partial charge in [-0.15, -0.1) is 0 Å². The molecule has 0 heterocycles. The van der Waals surface area contributed by atoms with Gasteiger partial charge < -0.3 is 4.90 Å². The first kappa shape index (κ1) is 14.4. The van der Waals surface area contributed by atoms with Crippen molar-refractivity contribution in [2.75, 3.05) is 19.0 Å². The zero-order chi connectivity index (χ0) is 14.5. The number of nitrogens with zero attached hydrogens (tertiary/aromatic N) is 2. The first-order valence-corrected chi connectivity index (χ1v) is 7.04. The van der Waals surface area contributed by atoms with E-state index in [1.54, 1.807) is 0 Å². The third-order valence-corrected chi connectivity index (χ3v) is 3.47. The molecule has 0 spiro atoms. The second-order valence-electron chi connectivity index (χ2n) is 4.67. The molecule has 0 saturated heterocycles. The van der Waals surface area contributed by atoms with Crippen molar-refractivity contribution in [1.29, 1.82) is 5.26 Å². The van der Waals surface area contributed by atoms with Gasteiger partial charge in [0.1, 0.15) is 0 Å². The van der Waals surface area contributed by atoms with E-state index in [1.807, 2.05) is 73.6 Å². The van der Waals surface area contributed by atoms with Crippen molar-refractivity contribution in [1.82, 2.24) is 0 Å². The molecule has 0 N–H and O–H groups in total. The third kappa shape index (κ3) is 3.49. The quantitative estimate of drug-likeness (QED) is 0.609. The smallest absolute Gasteiger partial charge is 0.0998 e. The molecule has 2 rings (SSSR count). The molecule has 2 nitrogen and oxygen atoms in total. The van der Waals surface area contributed by atoms with Gasteiger partial charge in [-0.2, -0.15) is 5.26 Å². The van der Waals surface area contributed by atoms with Crippen molar-refractivity contribution in [2.45, 2.75) is 0 Å². The molecule has 0 aromatic heterocycles.